The summed E-state index contributed by atoms with van der Waals surface area (Å²) in [6.45, 7) is 7.14. The van der Waals surface area contributed by atoms with E-state index in [1.165, 1.54) is 19.3 Å². The van der Waals surface area contributed by atoms with E-state index >= 15 is 0 Å². The number of carbonyl (C=O) groups is 1. The molecule has 0 spiro atoms. The van der Waals surface area contributed by atoms with Gasteiger partial charge in [-0.2, -0.15) is 0 Å². The number of hydrogen-bond acceptors (Lipinski definition) is 5. The van der Waals surface area contributed by atoms with Gasteiger partial charge in [-0.3, -0.25) is 4.79 Å². The van der Waals surface area contributed by atoms with Crippen LogP contribution < -0.4 is 9.80 Å². The van der Waals surface area contributed by atoms with Crippen molar-refractivity contribution >= 4 is 40.1 Å². The molecule has 1 aromatic carbocycles. The Morgan fingerprint density at radius 3 is 2.18 bits per heavy atom. The summed E-state index contributed by atoms with van der Waals surface area (Å²) in [4.78, 5) is 28.7. The number of anilines is 2. The highest BCUT2D eigenvalue weighted by atomic mass is 127. The summed E-state index contributed by atoms with van der Waals surface area (Å²) in [5.74, 6) is 2.95. The van der Waals surface area contributed by atoms with E-state index in [2.05, 4.69) is 48.4 Å². The van der Waals surface area contributed by atoms with E-state index in [9.17, 15) is 4.79 Å². The average Bonchev–Trinajstić information content (AvgIpc) is 2.73. The summed E-state index contributed by atoms with van der Waals surface area (Å²) in [5, 5.41) is 0. The van der Waals surface area contributed by atoms with E-state index in [-0.39, 0.29) is 5.91 Å². The smallest absolute Gasteiger partial charge is 0.254 e. The van der Waals surface area contributed by atoms with Crippen LogP contribution in [0.3, 0.4) is 0 Å². The normalized spacial score (nSPS) is 17.7. The molecule has 2 aliphatic rings. The summed E-state index contributed by atoms with van der Waals surface area (Å²) < 4.78 is 1.09. The van der Waals surface area contributed by atoms with Crippen molar-refractivity contribution in [1.29, 1.82) is 0 Å². The van der Waals surface area contributed by atoms with Crippen LogP contribution in [0.1, 0.15) is 35.4 Å². The third-order valence-electron chi connectivity index (χ3n) is 5.45. The second kappa shape index (κ2) is 8.63. The molecule has 2 fully saturated rings. The molecule has 0 bridgehead atoms. The minimum absolute atomic E-state index is 0.117. The fourth-order valence-corrected chi connectivity index (χ4v) is 4.47. The lowest BCUT2D eigenvalue weighted by atomic mass is 10.1. The molecule has 2 aliphatic heterocycles. The highest BCUT2D eigenvalue weighted by molar-refractivity contribution is 14.1. The van der Waals surface area contributed by atoms with Gasteiger partial charge in [0.1, 0.15) is 17.5 Å². The Bertz CT molecular complexity index is 844. The van der Waals surface area contributed by atoms with Gasteiger partial charge in [0.25, 0.3) is 5.91 Å². The van der Waals surface area contributed by atoms with E-state index in [0.717, 1.165) is 52.8 Å². The number of halogens is 1. The zero-order valence-corrected chi connectivity index (χ0v) is 18.4. The van der Waals surface area contributed by atoms with Crippen LogP contribution in [0.5, 0.6) is 0 Å². The lowest BCUT2D eigenvalue weighted by Crippen LogP contribution is -2.49. The van der Waals surface area contributed by atoms with Gasteiger partial charge in [-0.15, -0.1) is 0 Å². The lowest BCUT2D eigenvalue weighted by Gasteiger charge is -2.36. The Hall–Kier alpha value is -1.90. The van der Waals surface area contributed by atoms with E-state index in [1.807, 2.05) is 36.1 Å². The first kappa shape index (κ1) is 19.4. The highest BCUT2D eigenvalue weighted by Gasteiger charge is 2.24. The van der Waals surface area contributed by atoms with Crippen molar-refractivity contribution in [2.75, 3.05) is 49.1 Å². The Morgan fingerprint density at radius 2 is 1.54 bits per heavy atom. The maximum absolute atomic E-state index is 12.8. The van der Waals surface area contributed by atoms with Gasteiger partial charge in [0.05, 0.1) is 0 Å². The van der Waals surface area contributed by atoms with Gasteiger partial charge in [0.2, 0.25) is 0 Å². The first-order valence-electron chi connectivity index (χ1n) is 10.0. The quantitative estimate of drug-likeness (QED) is 0.617. The number of aryl methyl sites for hydroxylation is 1. The number of hydrogen-bond donors (Lipinski definition) is 0. The molecule has 0 saturated carbocycles. The van der Waals surface area contributed by atoms with Gasteiger partial charge < -0.3 is 14.7 Å². The maximum Gasteiger partial charge on any atom is 0.254 e. The molecule has 148 valence electrons. The van der Waals surface area contributed by atoms with Crippen molar-refractivity contribution in [2.24, 2.45) is 0 Å². The number of piperazine rings is 1. The molecular formula is C21H26IN5O. The van der Waals surface area contributed by atoms with E-state index < -0.39 is 0 Å². The molecule has 4 rings (SSSR count). The molecule has 6 nitrogen and oxygen atoms in total. The zero-order valence-electron chi connectivity index (χ0n) is 16.3. The molecule has 0 aliphatic carbocycles. The number of carbonyl (C=O) groups excluding carboxylic acids is 1. The van der Waals surface area contributed by atoms with Gasteiger partial charge in [0.15, 0.2) is 0 Å². The molecular weight excluding hydrogens is 465 g/mol. The molecule has 28 heavy (non-hydrogen) atoms. The number of nitrogens with zero attached hydrogens (tertiary/aromatic N) is 5. The second-order valence-electron chi connectivity index (χ2n) is 7.47. The SMILES string of the molecule is Cc1nc(N2CCCCC2)cc(N2CCN(C(=O)c3cccc(I)c3)CC2)n1. The predicted octanol–water partition coefficient (Wildman–Crippen LogP) is 3.34. The molecule has 1 amide bonds. The predicted molar refractivity (Wildman–Crippen MR) is 120 cm³/mol. The topological polar surface area (TPSA) is 52.6 Å². The first-order chi connectivity index (χ1) is 13.6. The number of amides is 1. The minimum Gasteiger partial charge on any atom is -0.356 e. The molecule has 3 heterocycles. The Labute approximate surface area is 180 Å². The standard InChI is InChI=1S/C21H26IN5O/c1-16-23-19(25-8-3-2-4-9-25)15-20(24-16)26-10-12-27(13-11-26)21(28)17-6-5-7-18(22)14-17/h5-7,14-15H,2-4,8-13H2,1H3. The first-order valence-corrected chi connectivity index (χ1v) is 11.1. The maximum atomic E-state index is 12.8. The molecule has 0 unspecified atom stereocenters. The fourth-order valence-electron chi connectivity index (χ4n) is 3.93. The van der Waals surface area contributed by atoms with E-state index in [0.29, 0.717) is 13.1 Å². The van der Waals surface area contributed by atoms with Crippen molar-refractivity contribution in [3.8, 4) is 0 Å². The largest absolute Gasteiger partial charge is 0.356 e. The molecule has 1 aromatic heterocycles. The van der Waals surface area contributed by atoms with Gasteiger partial charge >= 0.3 is 0 Å². The zero-order chi connectivity index (χ0) is 19.5. The van der Waals surface area contributed by atoms with Crippen LogP contribution in [0.2, 0.25) is 0 Å². The minimum atomic E-state index is 0.117. The molecule has 0 atom stereocenters. The Balaban J connectivity index is 1.43. The van der Waals surface area contributed by atoms with Crippen LogP contribution in [0.4, 0.5) is 11.6 Å². The van der Waals surface area contributed by atoms with Crippen LogP contribution in [-0.4, -0.2) is 60.0 Å². The van der Waals surface area contributed by atoms with Crippen LogP contribution in [0.15, 0.2) is 30.3 Å². The number of aromatic nitrogens is 2. The number of piperidine rings is 1. The fraction of sp³-hybridized carbons (Fsp3) is 0.476. The third kappa shape index (κ3) is 4.39. The molecule has 0 radical (unpaired) electrons. The van der Waals surface area contributed by atoms with Crippen molar-refractivity contribution in [2.45, 2.75) is 26.2 Å². The van der Waals surface area contributed by atoms with Gasteiger partial charge in [-0.05, 0) is 67.0 Å². The molecule has 0 N–H and O–H groups in total. The van der Waals surface area contributed by atoms with Gasteiger partial charge in [0, 0.05) is 54.5 Å². The van der Waals surface area contributed by atoms with Crippen LogP contribution in [0, 0.1) is 10.5 Å². The van der Waals surface area contributed by atoms with Crippen LogP contribution >= 0.6 is 22.6 Å². The third-order valence-corrected chi connectivity index (χ3v) is 6.12. The van der Waals surface area contributed by atoms with Crippen molar-refractivity contribution < 1.29 is 4.79 Å². The lowest BCUT2D eigenvalue weighted by molar-refractivity contribution is 0.0746. The van der Waals surface area contributed by atoms with Crippen LogP contribution in [-0.2, 0) is 0 Å². The van der Waals surface area contributed by atoms with E-state index in [4.69, 9.17) is 0 Å². The molecule has 2 aromatic rings. The monoisotopic (exact) mass is 491 g/mol. The van der Waals surface area contributed by atoms with Gasteiger partial charge in [-0.25, -0.2) is 9.97 Å². The summed E-state index contributed by atoms with van der Waals surface area (Å²) in [6.07, 6.45) is 3.78. The summed E-state index contributed by atoms with van der Waals surface area (Å²) >= 11 is 2.25. The van der Waals surface area contributed by atoms with Gasteiger partial charge in [-0.1, -0.05) is 6.07 Å². The summed E-state index contributed by atoms with van der Waals surface area (Å²) in [7, 11) is 0. The highest BCUT2D eigenvalue weighted by Crippen LogP contribution is 2.23. The van der Waals surface area contributed by atoms with Crippen molar-refractivity contribution in [3.05, 3.63) is 45.3 Å². The van der Waals surface area contributed by atoms with Crippen LogP contribution in [0.25, 0.3) is 0 Å². The molecule has 2 saturated heterocycles. The summed E-state index contributed by atoms with van der Waals surface area (Å²) in [5.41, 5.74) is 0.769. The Kier molecular flexibility index (Phi) is 5.99. The summed E-state index contributed by atoms with van der Waals surface area (Å²) in [6, 6.07) is 9.92. The molecule has 7 heteroatoms. The average molecular weight is 491 g/mol. The van der Waals surface area contributed by atoms with E-state index in [1.54, 1.807) is 0 Å². The van der Waals surface area contributed by atoms with Crippen molar-refractivity contribution in [3.63, 3.8) is 0 Å². The number of benzene rings is 1. The Morgan fingerprint density at radius 1 is 0.893 bits per heavy atom. The van der Waals surface area contributed by atoms with Crippen molar-refractivity contribution in [1.82, 2.24) is 14.9 Å². The number of rotatable bonds is 3. The second-order valence-corrected chi connectivity index (χ2v) is 8.71.